The molecule has 158 valence electrons. The van der Waals surface area contributed by atoms with Crippen LogP contribution in [0.3, 0.4) is 0 Å². The predicted molar refractivity (Wildman–Crippen MR) is 112 cm³/mol. The van der Waals surface area contributed by atoms with Crippen molar-refractivity contribution in [2.24, 2.45) is 7.05 Å². The molecule has 0 saturated carbocycles. The fourth-order valence-electron chi connectivity index (χ4n) is 3.12. The van der Waals surface area contributed by atoms with Crippen LogP contribution in [0.4, 0.5) is 0 Å². The molecule has 2 heterocycles. The fraction of sp³-hybridized carbons (Fsp3) is 0.526. The van der Waals surface area contributed by atoms with Crippen molar-refractivity contribution < 1.29 is 13.2 Å². The van der Waals surface area contributed by atoms with Crippen LogP contribution in [0.25, 0.3) is 0 Å². The highest BCUT2D eigenvalue weighted by molar-refractivity contribution is 7.99. The van der Waals surface area contributed by atoms with E-state index < -0.39 is 10.0 Å². The van der Waals surface area contributed by atoms with Crippen molar-refractivity contribution in [2.75, 3.05) is 18.8 Å². The Balaban J connectivity index is 1.56. The van der Waals surface area contributed by atoms with Crippen molar-refractivity contribution >= 4 is 27.7 Å². The molecule has 1 fully saturated rings. The van der Waals surface area contributed by atoms with E-state index in [2.05, 4.69) is 14.9 Å². The highest BCUT2D eigenvalue weighted by Crippen LogP contribution is 2.18. The van der Waals surface area contributed by atoms with Crippen molar-refractivity contribution in [3.05, 3.63) is 35.7 Å². The van der Waals surface area contributed by atoms with Crippen molar-refractivity contribution in [3.63, 3.8) is 0 Å². The van der Waals surface area contributed by atoms with E-state index in [0.29, 0.717) is 16.7 Å². The number of aromatic nitrogens is 3. The first kappa shape index (κ1) is 21.8. The Hall–Kier alpha value is -1.91. The number of thioether (sulfide) groups is 1. The maximum absolute atomic E-state index is 12.4. The zero-order valence-corrected chi connectivity index (χ0v) is 18.4. The van der Waals surface area contributed by atoms with Gasteiger partial charge >= 0.3 is 0 Å². The molecule has 0 bridgehead atoms. The average Bonchev–Trinajstić information content (AvgIpc) is 2.88. The van der Waals surface area contributed by atoms with Crippen LogP contribution in [0, 0.1) is 6.92 Å². The minimum absolute atomic E-state index is 0.0281. The monoisotopic (exact) mass is 437 g/mol. The number of likely N-dealkylation sites (tertiary alicyclic amines) is 1. The molecule has 10 heteroatoms. The summed E-state index contributed by atoms with van der Waals surface area (Å²) in [6.07, 6.45) is 4.49. The van der Waals surface area contributed by atoms with Crippen LogP contribution in [0.5, 0.6) is 0 Å². The molecular weight excluding hydrogens is 410 g/mol. The third-order valence-electron chi connectivity index (χ3n) is 4.96. The van der Waals surface area contributed by atoms with E-state index in [-0.39, 0.29) is 17.3 Å². The second kappa shape index (κ2) is 9.73. The number of rotatable bonds is 7. The Morgan fingerprint density at radius 3 is 2.41 bits per heavy atom. The number of carbonyl (C=O) groups is 1. The van der Waals surface area contributed by atoms with Crippen molar-refractivity contribution in [1.29, 1.82) is 0 Å². The largest absolute Gasteiger partial charge is 0.342 e. The summed E-state index contributed by atoms with van der Waals surface area (Å²) in [6.45, 7) is 3.58. The molecular formula is C19H27N5O3S2. The smallest absolute Gasteiger partial charge is 0.240 e. The van der Waals surface area contributed by atoms with Crippen LogP contribution in [0.2, 0.25) is 0 Å². The zero-order chi connectivity index (χ0) is 20.9. The SMILES string of the molecule is Cc1ccc(S(=O)(=O)NCc2nnc(SCC(=O)N3CCCCCC3)n2C)cc1. The van der Waals surface area contributed by atoms with Crippen molar-refractivity contribution in [2.45, 2.75) is 49.2 Å². The number of aryl methyl sites for hydroxylation is 1. The first-order valence-electron chi connectivity index (χ1n) is 9.72. The summed E-state index contributed by atoms with van der Waals surface area (Å²) in [5.74, 6) is 0.910. The van der Waals surface area contributed by atoms with Gasteiger partial charge in [0, 0.05) is 20.1 Å². The lowest BCUT2D eigenvalue weighted by Gasteiger charge is -2.19. The van der Waals surface area contributed by atoms with E-state index in [4.69, 9.17) is 0 Å². The van der Waals surface area contributed by atoms with E-state index in [1.54, 1.807) is 35.9 Å². The number of nitrogens with one attached hydrogen (secondary N) is 1. The quantitative estimate of drug-likeness (QED) is 0.666. The minimum Gasteiger partial charge on any atom is -0.342 e. The van der Waals surface area contributed by atoms with E-state index in [1.807, 2.05) is 11.8 Å². The molecule has 29 heavy (non-hydrogen) atoms. The molecule has 8 nitrogen and oxygen atoms in total. The third kappa shape index (κ3) is 5.80. The van der Waals surface area contributed by atoms with Gasteiger partial charge in [-0.2, -0.15) is 0 Å². The van der Waals surface area contributed by atoms with Gasteiger partial charge in [-0.05, 0) is 31.9 Å². The normalized spacial score (nSPS) is 15.3. The maximum atomic E-state index is 12.4. The summed E-state index contributed by atoms with van der Waals surface area (Å²) in [5.41, 5.74) is 0.994. The lowest BCUT2D eigenvalue weighted by atomic mass is 10.2. The van der Waals surface area contributed by atoms with Gasteiger partial charge in [0.1, 0.15) is 5.82 Å². The van der Waals surface area contributed by atoms with Crippen LogP contribution in [0.1, 0.15) is 37.1 Å². The first-order valence-corrected chi connectivity index (χ1v) is 12.2. The predicted octanol–water partition coefficient (Wildman–Crippen LogP) is 2.10. The second-order valence-electron chi connectivity index (χ2n) is 7.18. The lowest BCUT2D eigenvalue weighted by Crippen LogP contribution is -2.33. The highest BCUT2D eigenvalue weighted by Gasteiger charge is 2.19. The van der Waals surface area contributed by atoms with E-state index in [1.165, 1.54) is 24.6 Å². The zero-order valence-electron chi connectivity index (χ0n) is 16.8. The van der Waals surface area contributed by atoms with Gasteiger partial charge in [0.2, 0.25) is 15.9 Å². The molecule has 0 unspecified atom stereocenters. The number of benzene rings is 1. The van der Waals surface area contributed by atoms with Crippen LogP contribution in [-0.2, 0) is 28.4 Å². The molecule has 3 rings (SSSR count). The van der Waals surface area contributed by atoms with Gasteiger partial charge in [-0.3, -0.25) is 4.79 Å². The first-order chi connectivity index (χ1) is 13.9. The van der Waals surface area contributed by atoms with Gasteiger partial charge in [-0.25, -0.2) is 13.1 Å². The standard InChI is InChI=1S/C19H27N5O3S2/c1-15-7-9-16(10-8-15)29(26,27)20-13-17-21-22-19(23(17)2)28-14-18(25)24-11-5-3-4-6-12-24/h7-10,20H,3-6,11-14H2,1-2H3. The van der Waals surface area contributed by atoms with Gasteiger partial charge < -0.3 is 9.47 Å². The van der Waals surface area contributed by atoms with Crippen LogP contribution >= 0.6 is 11.8 Å². The molecule has 0 aliphatic carbocycles. The van der Waals surface area contributed by atoms with Gasteiger partial charge in [-0.1, -0.05) is 42.3 Å². The van der Waals surface area contributed by atoms with E-state index in [9.17, 15) is 13.2 Å². The molecule has 0 radical (unpaired) electrons. The molecule has 2 aromatic rings. The molecule has 1 aliphatic rings. The van der Waals surface area contributed by atoms with Crippen LogP contribution in [-0.4, -0.2) is 52.8 Å². The van der Waals surface area contributed by atoms with Crippen molar-refractivity contribution in [3.8, 4) is 0 Å². The lowest BCUT2D eigenvalue weighted by molar-refractivity contribution is -0.128. The third-order valence-corrected chi connectivity index (χ3v) is 7.38. The molecule has 1 aromatic carbocycles. The Morgan fingerprint density at radius 2 is 1.76 bits per heavy atom. The summed E-state index contributed by atoms with van der Waals surface area (Å²) >= 11 is 1.33. The number of hydrogen-bond acceptors (Lipinski definition) is 6. The number of amides is 1. The summed E-state index contributed by atoms with van der Waals surface area (Å²) in [5, 5.41) is 8.77. The molecule has 1 N–H and O–H groups in total. The summed E-state index contributed by atoms with van der Waals surface area (Å²) in [6, 6.07) is 6.66. The number of carbonyl (C=O) groups excluding carboxylic acids is 1. The Bertz CT molecular complexity index is 933. The van der Waals surface area contributed by atoms with Crippen molar-refractivity contribution in [1.82, 2.24) is 24.4 Å². The topological polar surface area (TPSA) is 97.2 Å². The molecule has 1 aliphatic heterocycles. The Labute approximate surface area is 176 Å². The Morgan fingerprint density at radius 1 is 1.10 bits per heavy atom. The van der Waals surface area contributed by atoms with Gasteiger partial charge in [0.05, 0.1) is 17.2 Å². The number of nitrogens with zero attached hydrogens (tertiary/aromatic N) is 4. The summed E-state index contributed by atoms with van der Waals surface area (Å²) in [4.78, 5) is 14.6. The van der Waals surface area contributed by atoms with E-state index in [0.717, 1.165) is 31.5 Å². The molecule has 1 aromatic heterocycles. The fourth-order valence-corrected chi connectivity index (χ4v) is 4.94. The summed E-state index contributed by atoms with van der Waals surface area (Å²) < 4.78 is 29.1. The molecule has 0 spiro atoms. The van der Waals surface area contributed by atoms with Crippen LogP contribution in [0.15, 0.2) is 34.3 Å². The molecule has 1 saturated heterocycles. The molecule has 0 atom stereocenters. The van der Waals surface area contributed by atoms with Gasteiger partial charge in [-0.15, -0.1) is 10.2 Å². The summed E-state index contributed by atoms with van der Waals surface area (Å²) in [7, 11) is -1.85. The van der Waals surface area contributed by atoms with Crippen LogP contribution < -0.4 is 4.72 Å². The van der Waals surface area contributed by atoms with Gasteiger partial charge in [0.25, 0.3) is 0 Å². The minimum atomic E-state index is -3.63. The number of hydrogen-bond donors (Lipinski definition) is 1. The van der Waals surface area contributed by atoms with E-state index >= 15 is 0 Å². The number of sulfonamides is 1. The average molecular weight is 438 g/mol. The maximum Gasteiger partial charge on any atom is 0.240 e. The Kier molecular flexibility index (Phi) is 7.31. The second-order valence-corrected chi connectivity index (χ2v) is 9.89. The highest BCUT2D eigenvalue weighted by atomic mass is 32.2. The van der Waals surface area contributed by atoms with Gasteiger partial charge in [0.15, 0.2) is 5.16 Å². The molecule has 1 amide bonds.